The highest BCUT2D eigenvalue weighted by molar-refractivity contribution is 5.97. The second-order valence-corrected chi connectivity index (χ2v) is 5.27. The van der Waals surface area contributed by atoms with Crippen molar-refractivity contribution in [2.45, 2.75) is 57.6 Å². The van der Waals surface area contributed by atoms with Crippen LogP contribution in [0.3, 0.4) is 0 Å². The molecule has 0 aromatic heterocycles. The summed E-state index contributed by atoms with van der Waals surface area (Å²) in [5, 5.41) is 2.68. The molecular weight excluding hydrogens is 290 g/mol. The van der Waals surface area contributed by atoms with E-state index in [1.165, 1.54) is 0 Å². The topological polar surface area (TPSA) is 90.9 Å². The van der Waals surface area contributed by atoms with Gasteiger partial charge in [0.05, 0.1) is 19.3 Å². The van der Waals surface area contributed by atoms with E-state index in [0.717, 1.165) is 0 Å². The Labute approximate surface area is 130 Å². The lowest BCUT2D eigenvalue weighted by Crippen LogP contribution is -2.58. The number of hydrogen-bond donors (Lipinski definition) is 1. The number of esters is 2. The van der Waals surface area contributed by atoms with Crippen molar-refractivity contribution in [1.29, 1.82) is 0 Å². The van der Waals surface area contributed by atoms with E-state index in [1.54, 1.807) is 21.0 Å². The molecule has 0 spiro atoms. The van der Waals surface area contributed by atoms with E-state index < -0.39 is 29.8 Å². The summed E-state index contributed by atoms with van der Waals surface area (Å²) < 4.78 is 15.1. The van der Waals surface area contributed by atoms with Crippen LogP contribution in [-0.2, 0) is 28.6 Å². The van der Waals surface area contributed by atoms with Crippen molar-refractivity contribution in [3.05, 3.63) is 0 Å². The zero-order chi connectivity index (χ0) is 16.6. The SMILES string of the molecule is CCOC(=O)CC(=O)NC1(C(=O)OCC)CCC(OC)CC1. The van der Waals surface area contributed by atoms with Crippen LogP contribution in [0.25, 0.3) is 0 Å². The Morgan fingerprint density at radius 3 is 2.18 bits per heavy atom. The smallest absolute Gasteiger partial charge is 0.331 e. The van der Waals surface area contributed by atoms with Crippen LogP contribution in [0.5, 0.6) is 0 Å². The highest BCUT2D eigenvalue weighted by Crippen LogP contribution is 2.31. The maximum Gasteiger partial charge on any atom is 0.331 e. The van der Waals surface area contributed by atoms with Gasteiger partial charge in [-0.3, -0.25) is 9.59 Å². The van der Waals surface area contributed by atoms with Crippen molar-refractivity contribution < 1.29 is 28.6 Å². The second kappa shape index (κ2) is 8.73. The fourth-order valence-corrected chi connectivity index (χ4v) is 2.62. The lowest BCUT2D eigenvalue weighted by Gasteiger charge is -2.38. The first-order valence-corrected chi connectivity index (χ1v) is 7.64. The van der Waals surface area contributed by atoms with Crippen molar-refractivity contribution in [3.8, 4) is 0 Å². The van der Waals surface area contributed by atoms with Crippen molar-refractivity contribution in [2.24, 2.45) is 0 Å². The highest BCUT2D eigenvalue weighted by Gasteiger charge is 2.44. The molecule has 7 heteroatoms. The summed E-state index contributed by atoms with van der Waals surface area (Å²) in [6.45, 7) is 3.83. The fraction of sp³-hybridized carbons (Fsp3) is 0.800. The van der Waals surface area contributed by atoms with Gasteiger partial charge in [0.25, 0.3) is 0 Å². The summed E-state index contributed by atoms with van der Waals surface area (Å²) in [7, 11) is 1.63. The number of amides is 1. The molecule has 0 heterocycles. The van der Waals surface area contributed by atoms with E-state index in [0.29, 0.717) is 25.7 Å². The summed E-state index contributed by atoms with van der Waals surface area (Å²) in [6.07, 6.45) is 1.83. The van der Waals surface area contributed by atoms with Crippen LogP contribution in [0, 0.1) is 0 Å². The summed E-state index contributed by atoms with van der Waals surface area (Å²) in [4.78, 5) is 35.7. The third-order valence-electron chi connectivity index (χ3n) is 3.77. The summed E-state index contributed by atoms with van der Waals surface area (Å²) in [5.74, 6) is -1.59. The van der Waals surface area contributed by atoms with Gasteiger partial charge in [-0.2, -0.15) is 0 Å². The van der Waals surface area contributed by atoms with Gasteiger partial charge in [-0.05, 0) is 39.5 Å². The van der Waals surface area contributed by atoms with E-state index in [-0.39, 0.29) is 19.3 Å². The summed E-state index contributed by atoms with van der Waals surface area (Å²) >= 11 is 0. The average molecular weight is 315 g/mol. The molecule has 0 saturated heterocycles. The van der Waals surface area contributed by atoms with Crippen LogP contribution in [0.2, 0.25) is 0 Å². The largest absolute Gasteiger partial charge is 0.466 e. The molecule has 1 aliphatic carbocycles. The highest BCUT2D eigenvalue weighted by atomic mass is 16.5. The molecule has 1 N–H and O–H groups in total. The Morgan fingerprint density at radius 2 is 1.68 bits per heavy atom. The van der Waals surface area contributed by atoms with Crippen LogP contribution in [-0.4, -0.2) is 49.8 Å². The van der Waals surface area contributed by atoms with E-state index in [1.807, 2.05) is 0 Å². The third kappa shape index (κ3) is 4.98. The molecule has 126 valence electrons. The van der Waals surface area contributed by atoms with Gasteiger partial charge < -0.3 is 19.5 Å². The number of methoxy groups -OCH3 is 1. The molecular formula is C15H25NO6. The summed E-state index contributed by atoms with van der Waals surface area (Å²) in [5.41, 5.74) is -1.07. The van der Waals surface area contributed by atoms with E-state index in [2.05, 4.69) is 5.32 Å². The molecule has 22 heavy (non-hydrogen) atoms. The third-order valence-corrected chi connectivity index (χ3v) is 3.77. The van der Waals surface area contributed by atoms with E-state index in [9.17, 15) is 14.4 Å². The standard InChI is InChI=1S/C15H25NO6/c1-4-21-13(18)10-12(17)16-15(14(19)22-5-2)8-6-11(20-3)7-9-15/h11H,4-10H2,1-3H3,(H,16,17). The van der Waals surface area contributed by atoms with Gasteiger partial charge in [-0.15, -0.1) is 0 Å². The van der Waals surface area contributed by atoms with Gasteiger partial charge in [-0.1, -0.05) is 0 Å². The van der Waals surface area contributed by atoms with Crippen LogP contribution < -0.4 is 5.32 Å². The van der Waals surface area contributed by atoms with E-state index >= 15 is 0 Å². The second-order valence-electron chi connectivity index (χ2n) is 5.27. The number of hydrogen-bond acceptors (Lipinski definition) is 6. The van der Waals surface area contributed by atoms with Crippen LogP contribution in [0.1, 0.15) is 46.0 Å². The Kier molecular flexibility index (Phi) is 7.31. The first-order valence-electron chi connectivity index (χ1n) is 7.64. The van der Waals surface area contributed by atoms with Crippen LogP contribution in [0.4, 0.5) is 0 Å². The quantitative estimate of drug-likeness (QED) is 0.555. The molecule has 0 aliphatic heterocycles. The lowest BCUT2D eigenvalue weighted by molar-refractivity contribution is -0.157. The van der Waals surface area contributed by atoms with Crippen molar-refractivity contribution in [1.82, 2.24) is 5.32 Å². The predicted molar refractivity (Wildman–Crippen MR) is 78.0 cm³/mol. The zero-order valence-corrected chi connectivity index (χ0v) is 13.5. The monoisotopic (exact) mass is 315 g/mol. The molecule has 0 unspecified atom stereocenters. The number of rotatable bonds is 7. The number of carbonyl (C=O) groups excluding carboxylic acids is 3. The van der Waals surface area contributed by atoms with Gasteiger partial charge in [-0.25, -0.2) is 4.79 Å². The van der Waals surface area contributed by atoms with Crippen molar-refractivity contribution >= 4 is 17.8 Å². The summed E-state index contributed by atoms with van der Waals surface area (Å²) in [6, 6.07) is 0. The lowest BCUT2D eigenvalue weighted by atomic mass is 9.80. The van der Waals surface area contributed by atoms with Crippen molar-refractivity contribution in [2.75, 3.05) is 20.3 Å². The number of carbonyl (C=O) groups is 3. The molecule has 0 aromatic carbocycles. The predicted octanol–water partition coefficient (Wildman–Crippen LogP) is 0.947. The van der Waals surface area contributed by atoms with Crippen molar-refractivity contribution in [3.63, 3.8) is 0 Å². The van der Waals surface area contributed by atoms with Crippen LogP contribution >= 0.6 is 0 Å². The Hall–Kier alpha value is -1.63. The molecule has 1 amide bonds. The molecule has 1 fully saturated rings. The molecule has 7 nitrogen and oxygen atoms in total. The maximum absolute atomic E-state index is 12.3. The van der Waals surface area contributed by atoms with Gasteiger partial charge >= 0.3 is 11.9 Å². The Balaban J connectivity index is 2.73. The molecule has 0 bridgehead atoms. The minimum Gasteiger partial charge on any atom is -0.466 e. The zero-order valence-electron chi connectivity index (χ0n) is 13.5. The normalized spacial score (nSPS) is 24.4. The van der Waals surface area contributed by atoms with Crippen LogP contribution in [0.15, 0.2) is 0 Å². The van der Waals surface area contributed by atoms with Gasteiger partial charge in [0.2, 0.25) is 5.91 Å². The van der Waals surface area contributed by atoms with Gasteiger partial charge in [0.1, 0.15) is 12.0 Å². The maximum atomic E-state index is 12.3. The minimum absolute atomic E-state index is 0.0736. The average Bonchev–Trinajstić information content (AvgIpc) is 2.48. The molecule has 0 radical (unpaired) electrons. The molecule has 0 aromatic rings. The van der Waals surface area contributed by atoms with E-state index in [4.69, 9.17) is 14.2 Å². The Morgan fingerprint density at radius 1 is 1.09 bits per heavy atom. The molecule has 0 atom stereocenters. The fourth-order valence-electron chi connectivity index (χ4n) is 2.62. The first kappa shape index (κ1) is 18.4. The number of nitrogens with one attached hydrogen (secondary N) is 1. The number of ether oxygens (including phenoxy) is 3. The van der Waals surface area contributed by atoms with Gasteiger partial charge in [0.15, 0.2) is 0 Å². The molecule has 1 aliphatic rings. The van der Waals surface area contributed by atoms with Gasteiger partial charge in [0, 0.05) is 7.11 Å². The first-order chi connectivity index (χ1) is 10.5. The minimum atomic E-state index is -1.07. The molecule has 1 rings (SSSR count). The molecule has 1 saturated carbocycles. The Bertz CT molecular complexity index is 401.